The molecule has 0 radical (unpaired) electrons. The third-order valence-corrected chi connectivity index (χ3v) is 2.91. The highest BCUT2D eigenvalue weighted by molar-refractivity contribution is 5.78. The van der Waals surface area contributed by atoms with Gasteiger partial charge in [0, 0.05) is 7.11 Å². The number of rotatable bonds is 8. The van der Waals surface area contributed by atoms with E-state index in [-0.39, 0.29) is 11.9 Å². The summed E-state index contributed by atoms with van der Waals surface area (Å²) >= 11 is 0. The van der Waals surface area contributed by atoms with Crippen molar-refractivity contribution in [1.29, 1.82) is 0 Å². The summed E-state index contributed by atoms with van der Waals surface area (Å²) in [6.45, 7) is 6.14. The molecule has 1 amide bonds. The van der Waals surface area contributed by atoms with Gasteiger partial charge in [0.25, 0.3) is 0 Å². The third kappa shape index (κ3) is 5.47. The molecule has 1 aliphatic carbocycles. The highest BCUT2D eigenvalue weighted by Gasteiger charge is 2.21. The van der Waals surface area contributed by atoms with E-state index in [4.69, 9.17) is 4.74 Å². The Balaban J connectivity index is 2.13. The first-order valence-electron chi connectivity index (χ1n) is 6.12. The summed E-state index contributed by atoms with van der Waals surface area (Å²) < 4.78 is 5.08. The Morgan fingerprint density at radius 3 is 2.62 bits per heavy atom. The second-order valence-electron chi connectivity index (χ2n) is 4.95. The molecule has 1 rings (SSSR count). The fourth-order valence-electron chi connectivity index (χ4n) is 1.55. The van der Waals surface area contributed by atoms with E-state index in [0.29, 0.717) is 19.1 Å². The van der Waals surface area contributed by atoms with Gasteiger partial charge in [-0.25, -0.2) is 0 Å². The molecule has 0 spiro atoms. The zero-order valence-electron chi connectivity index (χ0n) is 10.6. The maximum absolute atomic E-state index is 11.6. The van der Waals surface area contributed by atoms with E-state index in [2.05, 4.69) is 24.5 Å². The molecule has 0 saturated heterocycles. The number of methoxy groups -OCH3 is 1. The fourth-order valence-corrected chi connectivity index (χ4v) is 1.55. The summed E-state index contributed by atoms with van der Waals surface area (Å²) in [6, 6.07) is 0.111. The lowest BCUT2D eigenvalue weighted by Crippen LogP contribution is -2.45. The van der Waals surface area contributed by atoms with Crippen LogP contribution in [0.3, 0.4) is 0 Å². The average molecular weight is 228 g/mol. The Hall–Kier alpha value is -0.610. The molecule has 1 unspecified atom stereocenters. The predicted molar refractivity (Wildman–Crippen MR) is 64.2 cm³/mol. The van der Waals surface area contributed by atoms with Crippen molar-refractivity contribution in [1.82, 2.24) is 10.6 Å². The maximum Gasteiger partial charge on any atom is 0.234 e. The normalized spacial score (nSPS) is 17.5. The van der Waals surface area contributed by atoms with Crippen LogP contribution in [0, 0.1) is 11.8 Å². The number of carbonyl (C=O) groups is 1. The van der Waals surface area contributed by atoms with Crippen LogP contribution < -0.4 is 10.6 Å². The number of nitrogens with one attached hydrogen (secondary N) is 2. The van der Waals surface area contributed by atoms with Gasteiger partial charge < -0.3 is 15.4 Å². The monoisotopic (exact) mass is 228 g/mol. The van der Waals surface area contributed by atoms with Crippen molar-refractivity contribution in [3.05, 3.63) is 0 Å². The van der Waals surface area contributed by atoms with Gasteiger partial charge in [0.15, 0.2) is 0 Å². The van der Waals surface area contributed by atoms with Crippen LogP contribution in [0.15, 0.2) is 0 Å². The standard InChI is InChI=1S/C12H24N2O2/c1-9(2)11(8-16-3)14-12(15)7-13-6-10-4-5-10/h9-11,13H,4-8H2,1-3H3,(H,14,15). The van der Waals surface area contributed by atoms with Crippen molar-refractivity contribution in [2.75, 3.05) is 26.8 Å². The van der Waals surface area contributed by atoms with Crippen molar-refractivity contribution >= 4 is 5.91 Å². The smallest absolute Gasteiger partial charge is 0.234 e. The van der Waals surface area contributed by atoms with Crippen molar-refractivity contribution in [2.24, 2.45) is 11.8 Å². The van der Waals surface area contributed by atoms with E-state index in [9.17, 15) is 4.79 Å². The molecule has 0 aromatic rings. The molecule has 0 bridgehead atoms. The van der Waals surface area contributed by atoms with Crippen molar-refractivity contribution in [3.8, 4) is 0 Å². The molecule has 1 fully saturated rings. The molecule has 16 heavy (non-hydrogen) atoms. The molecule has 0 aliphatic heterocycles. The average Bonchev–Trinajstić information content (AvgIpc) is 3.01. The van der Waals surface area contributed by atoms with Crippen molar-refractivity contribution < 1.29 is 9.53 Å². The number of hydrogen-bond acceptors (Lipinski definition) is 3. The summed E-state index contributed by atoms with van der Waals surface area (Å²) in [7, 11) is 1.66. The Morgan fingerprint density at radius 2 is 2.12 bits per heavy atom. The predicted octanol–water partition coefficient (Wildman–Crippen LogP) is 0.773. The third-order valence-electron chi connectivity index (χ3n) is 2.91. The van der Waals surface area contributed by atoms with Crippen LogP contribution in [0.25, 0.3) is 0 Å². The molecule has 0 aromatic carbocycles. The first kappa shape index (κ1) is 13.5. The first-order valence-corrected chi connectivity index (χ1v) is 6.12. The molecule has 4 nitrogen and oxygen atoms in total. The van der Waals surface area contributed by atoms with Gasteiger partial charge in [-0.2, -0.15) is 0 Å². The van der Waals surface area contributed by atoms with Gasteiger partial charge in [-0.3, -0.25) is 4.79 Å². The van der Waals surface area contributed by atoms with E-state index in [1.165, 1.54) is 12.8 Å². The molecule has 0 aromatic heterocycles. The lowest BCUT2D eigenvalue weighted by molar-refractivity contribution is -0.121. The molecule has 1 atom stereocenters. The van der Waals surface area contributed by atoms with Crippen LogP contribution in [0.5, 0.6) is 0 Å². The summed E-state index contributed by atoms with van der Waals surface area (Å²) in [5.74, 6) is 1.27. The van der Waals surface area contributed by atoms with Crippen molar-refractivity contribution in [2.45, 2.75) is 32.7 Å². The second kappa shape index (κ2) is 6.86. The van der Waals surface area contributed by atoms with E-state index < -0.39 is 0 Å². The van der Waals surface area contributed by atoms with Crippen LogP contribution in [0.4, 0.5) is 0 Å². The largest absolute Gasteiger partial charge is 0.383 e. The van der Waals surface area contributed by atoms with Crippen LogP contribution in [-0.2, 0) is 9.53 Å². The summed E-state index contributed by atoms with van der Waals surface area (Å²) in [4.78, 5) is 11.6. The van der Waals surface area contributed by atoms with Crippen LogP contribution in [-0.4, -0.2) is 38.8 Å². The molecule has 94 valence electrons. The van der Waals surface area contributed by atoms with Gasteiger partial charge >= 0.3 is 0 Å². The van der Waals surface area contributed by atoms with Crippen molar-refractivity contribution in [3.63, 3.8) is 0 Å². The molecule has 2 N–H and O–H groups in total. The Kier molecular flexibility index (Phi) is 5.77. The van der Waals surface area contributed by atoms with Gasteiger partial charge in [0.2, 0.25) is 5.91 Å². The van der Waals surface area contributed by atoms with E-state index in [1.807, 2.05) is 0 Å². The molecule has 1 aliphatic rings. The summed E-state index contributed by atoms with van der Waals surface area (Å²) in [5.41, 5.74) is 0. The Bertz CT molecular complexity index is 215. The number of ether oxygens (including phenoxy) is 1. The highest BCUT2D eigenvalue weighted by Crippen LogP contribution is 2.27. The van der Waals surface area contributed by atoms with E-state index >= 15 is 0 Å². The minimum absolute atomic E-state index is 0.0661. The van der Waals surface area contributed by atoms with E-state index in [0.717, 1.165) is 12.5 Å². The van der Waals surface area contributed by atoms with Gasteiger partial charge in [-0.05, 0) is 31.2 Å². The molecular weight excluding hydrogens is 204 g/mol. The van der Waals surface area contributed by atoms with E-state index in [1.54, 1.807) is 7.11 Å². The van der Waals surface area contributed by atoms with Crippen LogP contribution in [0.2, 0.25) is 0 Å². The zero-order valence-corrected chi connectivity index (χ0v) is 10.6. The number of amides is 1. The Labute approximate surface area is 98.1 Å². The molecular formula is C12H24N2O2. The molecule has 0 heterocycles. The van der Waals surface area contributed by atoms with Crippen LogP contribution >= 0.6 is 0 Å². The topological polar surface area (TPSA) is 50.4 Å². The number of hydrogen-bond donors (Lipinski definition) is 2. The maximum atomic E-state index is 11.6. The van der Waals surface area contributed by atoms with Gasteiger partial charge in [-0.15, -0.1) is 0 Å². The zero-order chi connectivity index (χ0) is 12.0. The van der Waals surface area contributed by atoms with Gasteiger partial charge in [0.05, 0.1) is 19.2 Å². The lowest BCUT2D eigenvalue weighted by Gasteiger charge is -2.21. The highest BCUT2D eigenvalue weighted by atomic mass is 16.5. The summed E-state index contributed by atoms with van der Waals surface area (Å²) in [6.07, 6.45) is 2.62. The minimum Gasteiger partial charge on any atom is -0.383 e. The minimum atomic E-state index is 0.0661. The SMILES string of the molecule is COCC(NC(=O)CNCC1CC1)C(C)C. The van der Waals surface area contributed by atoms with Gasteiger partial charge in [-0.1, -0.05) is 13.8 Å². The first-order chi connectivity index (χ1) is 7.63. The lowest BCUT2D eigenvalue weighted by atomic mass is 10.1. The molecule has 1 saturated carbocycles. The summed E-state index contributed by atoms with van der Waals surface area (Å²) in [5, 5.41) is 6.17. The quantitative estimate of drug-likeness (QED) is 0.645. The second-order valence-corrected chi connectivity index (χ2v) is 4.95. The fraction of sp³-hybridized carbons (Fsp3) is 0.917. The van der Waals surface area contributed by atoms with Gasteiger partial charge in [0.1, 0.15) is 0 Å². The molecule has 4 heteroatoms. The number of carbonyl (C=O) groups excluding carboxylic acids is 1. The van der Waals surface area contributed by atoms with Crippen LogP contribution in [0.1, 0.15) is 26.7 Å². The Morgan fingerprint density at radius 1 is 1.44 bits per heavy atom.